The second-order valence-corrected chi connectivity index (χ2v) is 11.7. The Morgan fingerprint density at radius 1 is 1.04 bits per heavy atom. The molecule has 3 aromatic rings. The number of amides is 3. The highest BCUT2D eigenvalue weighted by molar-refractivity contribution is 6.05. The zero-order valence-electron chi connectivity index (χ0n) is 25.4. The summed E-state index contributed by atoms with van der Waals surface area (Å²) in [6.07, 6.45) is 0.428. The summed E-state index contributed by atoms with van der Waals surface area (Å²) in [7, 11) is 1.85. The van der Waals surface area contributed by atoms with Crippen LogP contribution >= 0.6 is 0 Å². The van der Waals surface area contributed by atoms with E-state index in [1.165, 1.54) is 17.0 Å². The minimum absolute atomic E-state index is 0.0549. The molecule has 0 saturated carbocycles. The van der Waals surface area contributed by atoms with Crippen molar-refractivity contribution >= 4 is 23.4 Å². The molecule has 2 atom stereocenters. The second-order valence-electron chi connectivity index (χ2n) is 11.7. The van der Waals surface area contributed by atoms with Crippen LogP contribution in [0.5, 0.6) is 5.75 Å². The maximum Gasteiger partial charge on any atom is 0.255 e. The summed E-state index contributed by atoms with van der Waals surface area (Å²) in [6.45, 7) is 3.16. The normalized spacial score (nSPS) is 19.1. The average molecular weight is 629 g/mol. The third kappa shape index (κ3) is 6.16. The summed E-state index contributed by atoms with van der Waals surface area (Å²) in [5.41, 5.74) is 2.97. The summed E-state index contributed by atoms with van der Waals surface area (Å²) in [5.74, 6) is -1.53. The van der Waals surface area contributed by atoms with E-state index in [1.807, 2.05) is 24.1 Å². The van der Waals surface area contributed by atoms with E-state index in [4.69, 9.17) is 10.00 Å². The number of rotatable bonds is 9. The van der Waals surface area contributed by atoms with Crippen molar-refractivity contribution in [1.29, 1.82) is 5.26 Å². The Labute approximate surface area is 265 Å². The Morgan fingerprint density at radius 2 is 1.85 bits per heavy atom. The number of piperazine rings is 1. The molecule has 3 aliphatic heterocycles. The van der Waals surface area contributed by atoms with Crippen LogP contribution in [-0.2, 0) is 22.7 Å². The lowest BCUT2D eigenvalue weighted by Crippen LogP contribution is -2.52. The van der Waals surface area contributed by atoms with Crippen LogP contribution < -0.4 is 20.3 Å². The Morgan fingerprint density at radius 3 is 2.54 bits per heavy atom. The Balaban J connectivity index is 1.11. The zero-order valence-corrected chi connectivity index (χ0v) is 25.4. The standard InChI is InChI=1S/C34H34F2N6O4/c1-38-18-30(41-13-11-40(12-14-41)28-8-5-21(17-37)15-27(28)36)22-6-7-23(26(35)16-22)20-46-31-4-2-3-24-25(31)19-42(34(24)45)29-9-10-32(43)39-33(29)44/h2-8,15-16,29-30,38H,9-14,18-20H2,1H3,(H,39,43,44)/t29-,30?/m0/s1. The highest BCUT2D eigenvalue weighted by atomic mass is 19.1. The number of carbonyl (C=O) groups excluding carboxylic acids is 3. The van der Waals surface area contributed by atoms with E-state index in [9.17, 15) is 18.8 Å². The lowest BCUT2D eigenvalue weighted by molar-refractivity contribution is -0.136. The van der Waals surface area contributed by atoms with Crippen molar-refractivity contribution in [3.8, 4) is 11.8 Å². The van der Waals surface area contributed by atoms with E-state index in [2.05, 4.69) is 15.5 Å². The maximum absolute atomic E-state index is 15.5. The zero-order chi connectivity index (χ0) is 32.4. The predicted octanol–water partition coefficient (Wildman–Crippen LogP) is 3.26. The number of nitrogens with zero attached hydrogens (tertiary/aromatic N) is 4. The van der Waals surface area contributed by atoms with Crippen LogP contribution in [0.2, 0.25) is 0 Å². The molecule has 46 heavy (non-hydrogen) atoms. The molecule has 1 unspecified atom stereocenters. The van der Waals surface area contributed by atoms with Gasteiger partial charge in [0.1, 0.15) is 30.0 Å². The second kappa shape index (κ2) is 13.2. The highest BCUT2D eigenvalue weighted by Crippen LogP contribution is 2.34. The lowest BCUT2D eigenvalue weighted by atomic mass is 10.0. The van der Waals surface area contributed by atoms with Crippen LogP contribution in [0.25, 0.3) is 0 Å². The number of halogens is 2. The summed E-state index contributed by atoms with van der Waals surface area (Å²) in [5, 5.41) is 14.5. The van der Waals surface area contributed by atoms with E-state index in [1.54, 1.807) is 36.4 Å². The van der Waals surface area contributed by atoms with Crippen LogP contribution in [0.3, 0.4) is 0 Å². The number of imide groups is 1. The predicted molar refractivity (Wildman–Crippen MR) is 165 cm³/mol. The highest BCUT2D eigenvalue weighted by Gasteiger charge is 2.40. The fourth-order valence-corrected chi connectivity index (χ4v) is 6.49. The van der Waals surface area contributed by atoms with Gasteiger partial charge in [0.2, 0.25) is 11.8 Å². The molecule has 3 aromatic carbocycles. The number of nitriles is 1. The lowest BCUT2D eigenvalue weighted by Gasteiger charge is -2.40. The molecule has 0 aliphatic carbocycles. The molecule has 2 N–H and O–H groups in total. The van der Waals surface area contributed by atoms with Gasteiger partial charge in [0.05, 0.1) is 23.9 Å². The van der Waals surface area contributed by atoms with Crippen molar-refractivity contribution in [3.63, 3.8) is 0 Å². The Kier molecular flexibility index (Phi) is 8.96. The molecule has 3 heterocycles. The van der Waals surface area contributed by atoms with Crippen LogP contribution in [0.15, 0.2) is 54.6 Å². The number of ether oxygens (including phenoxy) is 1. The van der Waals surface area contributed by atoms with Crippen molar-refractivity contribution in [2.24, 2.45) is 0 Å². The van der Waals surface area contributed by atoms with Gasteiger partial charge in [-0.25, -0.2) is 8.78 Å². The first kappa shape index (κ1) is 31.1. The van der Waals surface area contributed by atoms with Crippen molar-refractivity contribution < 1.29 is 27.9 Å². The molecule has 0 aromatic heterocycles. The minimum atomic E-state index is -0.735. The van der Waals surface area contributed by atoms with Gasteiger partial charge in [-0.05, 0) is 55.4 Å². The number of likely N-dealkylation sites (N-methyl/N-ethyl adjacent to an activating group) is 1. The third-order valence-electron chi connectivity index (χ3n) is 8.95. The number of carbonyl (C=O) groups is 3. The number of nitrogens with one attached hydrogen (secondary N) is 2. The minimum Gasteiger partial charge on any atom is -0.488 e. The van der Waals surface area contributed by atoms with E-state index in [0.29, 0.717) is 60.9 Å². The van der Waals surface area contributed by atoms with E-state index in [0.717, 1.165) is 5.56 Å². The number of anilines is 1. The van der Waals surface area contributed by atoms with Gasteiger partial charge < -0.3 is 19.9 Å². The topological polar surface area (TPSA) is 118 Å². The van der Waals surface area contributed by atoms with Crippen molar-refractivity contribution in [2.75, 3.05) is 44.7 Å². The van der Waals surface area contributed by atoms with Crippen molar-refractivity contribution in [2.45, 2.75) is 38.1 Å². The number of hydrogen-bond donors (Lipinski definition) is 2. The van der Waals surface area contributed by atoms with E-state index in [-0.39, 0.29) is 49.4 Å². The molecule has 6 rings (SSSR count). The van der Waals surface area contributed by atoms with Crippen molar-refractivity contribution in [3.05, 3.63) is 94.0 Å². The molecule has 2 saturated heterocycles. The van der Waals surface area contributed by atoms with Gasteiger partial charge in [-0.1, -0.05) is 18.2 Å². The molecule has 0 spiro atoms. The molecule has 0 radical (unpaired) electrons. The number of fused-ring (bicyclic) bond motifs is 1. The van der Waals surface area contributed by atoms with Crippen LogP contribution in [0.4, 0.5) is 14.5 Å². The number of hydrogen-bond acceptors (Lipinski definition) is 8. The van der Waals surface area contributed by atoms with Gasteiger partial charge >= 0.3 is 0 Å². The first-order valence-electron chi connectivity index (χ1n) is 15.3. The van der Waals surface area contributed by atoms with Gasteiger partial charge in [0.15, 0.2) is 0 Å². The van der Waals surface area contributed by atoms with Gasteiger partial charge in [-0.3, -0.25) is 24.6 Å². The molecular formula is C34H34F2N6O4. The first-order chi connectivity index (χ1) is 22.3. The molecule has 12 heteroatoms. The molecule has 10 nitrogen and oxygen atoms in total. The molecule has 3 amide bonds. The van der Waals surface area contributed by atoms with Crippen LogP contribution in [0, 0.1) is 23.0 Å². The fraction of sp³-hybridized carbons (Fsp3) is 0.353. The van der Waals surface area contributed by atoms with Crippen LogP contribution in [0.1, 0.15) is 51.5 Å². The van der Waals surface area contributed by atoms with Crippen LogP contribution in [-0.4, -0.2) is 73.3 Å². The summed E-state index contributed by atoms with van der Waals surface area (Å²) in [4.78, 5) is 42.8. The average Bonchev–Trinajstić information content (AvgIpc) is 3.39. The third-order valence-corrected chi connectivity index (χ3v) is 8.95. The van der Waals surface area contributed by atoms with Gasteiger partial charge in [-0.2, -0.15) is 5.26 Å². The quantitative estimate of drug-likeness (QED) is 0.347. The van der Waals surface area contributed by atoms with Gasteiger partial charge in [0.25, 0.3) is 5.91 Å². The largest absolute Gasteiger partial charge is 0.488 e. The van der Waals surface area contributed by atoms with Gasteiger partial charge in [-0.15, -0.1) is 0 Å². The SMILES string of the molecule is CNCC(c1ccc(COc2cccc3c2CN([C@H]2CCC(=O)NC2=O)C3=O)c(F)c1)N1CCN(c2ccc(C#N)cc2F)CC1. The first-order valence-corrected chi connectivity index (χ1v) is 15.3. The summed E-state index contributed by atoms with van der Waals surface area (Å²) >= 11 is 0. The molecule has 3 aliphatic rings. The molecule has 238 valence electrons. The van der Waals surface area contributed by atoms with E-state index >= 15 is 4.39 Å². The van der Waals surface area contributed by atoms with E-state index < -0.39 is 23.6 Å². The Bertz CT molecular complexity index is 1720. The molecule has 2 fully saturated rings. The summed E-state index contributed by atoms with van der Waals surface area (Å²) < 4.78 is 36.1. The van der Waals surface area contributed by atoms with Gasteiger partial charge in [0, 0.05) is 61.9 Å². The smallest absolute Gasteiger partial charge is 0.255 e. The summed E-state index contributed by atoms with van der Waals surface area (Å²) in [6, 6.07) is 15.8. The van der Waals surface area contributed by atoms with Crippen molar-refractivity contribution in [1.82, 2.24) is 20.4 Å². The number of piperidine rings is 1. The fourth-order valence-electron chi connectivity index (χ4n) is 6.49. The maximum atomic E-state index is 15.5. The molecule has 0 bridgehead atoms. The molecular weight excluding hydrogens is 594 g/mol. The number of benzene rings is 3. The monoisotopic (exact) mass is 628 g/mol. The Hall–Kier alpha value is -4.86.